The average molecular weight is 480 g/mol. The van der Waals surface area contributed by atoms with Gasteiger partial charge in [0.1, 0.15) is 11.6 Å². The van der Waals surface area contributed by atoms with Crippen molar-refractivity contribution in [2.24, 2.45) is 11.1 Å². The first kappa shape index (κ1) is 23.1. The third-order valence-corrected chi connectivity index (χ3v) is 7.76. The normalized spacial score (nSPS) is 19.9. The van der Waals surface area contributed by atoms with Gasteiger partial charge in [-0.3, -0.25) is 9.69 Å². The number of nitriles is 1. The molecule has 1 atom stereocenters. The highest BCUT2D eigenvalue weighted by molar-refractivity contribution is 8.01. The summed E-state index contributed by atoms with van der Waals surface area (Å²) in [7, 11) is 1.59. The highest BCUT2D eigenvalue weighted by Gasteiger charge is 2.45. The van der Waals surface area contributed by atoms with Gasteiger partial charge >= 0.3 is 0 Å². The number of rotatable bonds is 6. The first-order valence-electron chi connectivity index (χ1n) is 10.5. The standard InChI is InChI=1S/C24H25N5O2S2/c1-5-9-32-23-28-27-22(33-23)29-17-11-24(2,3)12-18(30)20(17)19(16(13-25)21(29)26)14-7-6-8-15(10-14)31-4/h5-8,10,19H,1,9,11-12,26H2,2-4H3. The van der Waals surface area contributed by atoms with Gasteiger partial charge in [-0.2, -0.15) is 5.26 Å². The van der Waals surface area contributed by atoms with Crippen LogP contribution < -0.4 is 15.4 Å². The topological polar surface area (TPSA) is 105 Å². The molecule has 0 spiro atoms. The van der Waals surface area contributed by atoms with E-state index >= 15 is 0 Å². The molecule has 9 heteroatoms. The van der Waals surface area contributed by atoms with Crippen molar-refractivity contribution in [3.8, 4) is 11.8 Å². The van der Waals surface area contributed by atoms with Crippen molar-refractivity contribution in [1.82, 2.24) is 10.2 Å². The van der Waals surface area contributed by atoms with Gasteiger partial charge in [-0.15, -0.1) is 16.8 Å². The number of hydrogen-bond donors (Lipinski definition) is 1. The van der Waals surface area contributed by atoms with Crippen LogP contribution >= 0.6 is 23.1 Å². The van der Waals surface area contributed by atoms with Crippen LogP contribution in [0.1, 0.15) is 38.2 Å². The summed E-state index contributed by atoms with van der Waals surface area (Å²) in [6, 6.07) is 9.73. The smallest absolute Gasteiger partial charge is 0.219 e. The van der Waals surface area contributed by atoms with Gasteiger partial charge in [-0.05, 0) is 29.5 Å². The van der Waals surface area contributed by atoms with Crippen LogP contribution in [0.4, 0.5) is 5.13 Å². The fourth-order valence-electron chi connectivity index (χ4n) is 4.36. The van der Waals surface area contributed by atoms with E-state index < -0.39 is 5.92 Å². The number of anilines is 1. The van der Waals surface area contributed by atoms with Gasteiger partial charge in [0.15, 0.2) is 10.1 Å². The van der Waals surface area contributed by atoms with Crippen molar-refractivity contribution in [1.29, 1.82) is 5.26 Å². The van der Waals surface area contributed by atoms with Gasteiger partial charge in [0.25, 0.3) is 0 Å². The zero-order valence-electron chi connectivity index (χ0n) is 18.8. The molecule has 1 unspecified atom stereocenters. The number of thioether (sulfide) groups is 1. The zero-order chi connectivity index (χ0) is 23.8. The van der Waals surface area contributed by atoms with Crippen LogP contribution in [0, 0.1) is 16.7 Å². The van der Waals surface area contributed by atoms with Crippen molar-refractivity contribution in [3.63, 3.8) is 0 Å². The fraction of sp³-hybridized carbons (Fsp3) is 0.333. The molecule has 0 amide bonds. The second-order valence-electron chi connectivity index (χ2n) is 8.71. The Kier molecular flexibility index (Phi) is 6.32. The molecule has 2 aromatic rings. The van der Waals surface area contributed by atoms with Crippen molar-refractivity contribution in [3.05, 3.63) is 65.1 Å². The van der Waals surface area contributed by atoms with E-state index in [9.17, 15) is 10.1 Å². The second kappa shape index (κ2) is 9.04. The summed E-state index contributed by atoms with van der Waals surface area (Å²) >= 11 is 2.91. The Hall–Kier alpha value is -3.09. The average Bonchev–Trinajstić information content (AvgIpc) is 3.24. The molecule has 0 radical (unpaired) electrons. The number of ether oxygens (including phenoxy) is 1. The molecular weight excluding hydrogens is 454 g/mol. The first-order valence-corrected chi connectivity index (χ1v) is 12.3. The summed E-state index contributed by atoms with van der Waals surface area (Å²) in [6.07, 6.45) is 2.83. The van der Waals surface area contributed by atoms with Crippen LogP contribution in [0.25, 0.3) is 0 Å². The lowest BCUT2D eigenvalue weighted by Gasteiger charge is -2.42. The number of nitrogens with zero attached hydrogens (tertiary/aromatic N) is 4. The zero-order valence-corrected chi connectivity index (χ0v) is 20.4. The summed E-state index contributed by atoms with van der Waals surface area (Å²) in [5.41, 5.74) is 8.90. The molecule has 0 saturated carbocycles. The molecule has 0 saturated heterocycles. The SMILES string of the molecule is C=CCSc1nnc(N2C(N)=C(C#N)C(c3cccc(OC)c3)C3=C2CC(C)(C)CC3=O)s1. The number of carbonyl (C=O) groups excluding carboxylic acids is 1. The quantitative estimate of drug-likeness (QED) is 0.467. The van der Waals surface area contributed by atoms with Crippen LogP contribution in [0.5, 0.6) is 5.75 Å². The van der Waals surface area contributed by atoms with Crippen molar-refractivity contribution in [2.45, 2.75) is 36.9 Å². The van der Waals surface area contributed by atoms with Crippen LogP contribution in [0.2, 0.25) is 0 Å². The van der Waals surface area contributed by atoms with E-state index in [0.29, 0.717) is 40.6 Å². The third kappa shape index (κ3) is 4.28. The molecule has 1 aromatic heterocycles. The molecule has 1 aromatic carbocycles. The number of allylic oxidation sites excluding steroid dienone is 3. The summed E-state index contributed by atoms with van der Waals surface area (Å²) in [4.78, 5) is 15.3. The van der Waals surface area contributed by atoms with Gasteiger partial charge in [0.05, 0.1) is 24.7 Å². The van der Waals surface area contributed by atoms with Crippen LogP contribution in [0.15, 0.2) is 63.9 Å². The maximum atomic E-state index is 13.5. The number of ketones is 1. The number of methoxy groups -OCH3 is 1. The summed E-state index contributed by atoms with van der Waals surface area (Å²) in [5.74, 6) is 1.11. The molecule has 7 nitrogen and oxygen atoms in total. The molecule has 2 aliphatic rings. The Morgan fingerprint density at radius 1 is 1.42 bits per heavy atom. The van der Waals surface area contributed by atoms with Crippen LogP contribution in [0.3, 0.4) is 0 Å². The first-order chi connectivity index (χ1) is 15.8. The molecule has 1 aliphatic heterocycles. The Balaban J connectivity index is 1.92. The molecule has 33 heavy (non-hydrogen) atoms. The van der Waals surface area contributed by atoms with Crippen molar-refractivity contribution < 1.29 is 9.53 Å². The Labute approximate surface area is 201 Å². The predicted octanol–water partition coefficient (Wildman–Crippen LogP) is 4.77. The Morgan fingerprint density at radius 3 is 2.91 bits per heavy atom. The highest BCUT2D eigenvalue weighted by Crippen LogP contribution is 2.51. The van der Waals surface area contributed by atoms with Gasteiger partial charge in [0.2, 0.25) is 5.13 Å². The predicted molar refractivity (Wildman–Crippen MR) is 131 cm³/mol. The third-order valence-electron chi connectivity index (χ3n) is 5.72. The van der Waals surface area contributed by atoms with Crippen molar-refractivity contribution in [2.75, 3.05) is 17.8 Å². The molecule has 170 valence electrons. The van der Waals surface area contributed by atoms with E-state index in [1.165, 1.54) is 23.1 Å². The van der Waals surface area contributed by atoms with E-state index in [0.717, 1.165) is 15.6 Å². The van der Waals surface area contributed by atoms with E-state index in [1.807, 2.05) is 24.3 Å². The van der Waals surface area contributed by atoms with Gasteiger partial charge in [0, 0.05) is 23.4 Å². The minimum atomic E-state index is -0.553. The molecule has 2 N–H and O–H groups in total. The molecule has 0 fully saturated rings. The monoisotopic (exact) mass is 479 g/mol. The molecular formula is C24H25N5O2S2. The lowest BCUT2D eigenvalue weighted by molar-refractivity contribution is -0.118. The van der Waals surface area contributed by atoms with Crippen LogP contribution in [-0.2, 0) is 4.79 Å². The van der Waals surface area contributed by atoms with E-state index in [4.69, 9.17) is 10.5 Å². The number of carbonyl (C=O) groups is 1. The second-order valence-corrected chi connectivity index (χ2v) is 10.9. The highest BCUT2D eigenvalue weighted by atomic mass is 32.2. The largest absolute Gasteiger partial charge is 0.497 e. The lowest BCUT2D eigenvalue weighted by Crippen LogP contribution is -2.42. The number of aromatic nitrogens is 2. The summed E-state index contributed by atoms with van der Waals surface area (Å²) < 4.78 is 6.17. The number of nitrogens with two attached hydrogens (primary N) is 1. The molecule has 0 bridgehead atoms. The fourth-order valence-corrected chi connectivity index (χ4v) is 6.00. The minimum absolute atomic E-state index is 0.0186. The molecule has 4 rings (SSSR count). The Bertz CT molecular complexity index is 1220. The summed E-state index contributed by atoms with van der Waals surface area (Å²) in [6.45, 7) is 7.88. The van der Waals surface area contributed by atoms with E-state index in [-0.39, 0.29) is 17.0 Å². The summed E-state index contributed by atoms with van der Waals surface area (Å²) in [5, 5.41) is 19.3. The van der Waals surface area contributed by atoms with Crippen LogP contribution in [-0.4, -0.2) is 28.8 Å². The maximum Gasteiger partial charge on any atom is 0.219 e. The number of Topliss-reactive ketones (excluding diaryl/α,β-unsaturated/α-hetero) is 1. The van der Waals surface area contributed by atoms with Gasteiger partial charge in [-0.25, -0.2) is 0 Å². The van der Waals surface area contributed by atoms with E-state index in [1.54, 1.807) is 18.1 Å². The number of hydrogen-bond acceptors (Lipinski definition) is 9. The van der Waals surface area contributed by atoms with Crippen molar-refractivity contribution >= 4 is 34.0 Å². The van der Waals surface area contributed by atoms with E-state index in [2.05, 4.69) is 36.7 Å². The van der Waals surface area contributed by atoms with Gasteiger partial charge < -0.3 is 10.5 Å². The van der Waals surface area contributed by atoms with Gasteiger partial charge in [-0.1, -0.05) is 55.2 Å². The maximum absolute atomic E-state index is 13.5. The Morgan fingerprint density at radius 2 is 2.21 bits per heavy atom. The molecule has 1 aliphatic carbocycles. The lowest BCUT2D eigenvalue weighted by atomic mass is 9.68. The molecule has 2 heterocycles. The minimum Gasteiger partial charge on any atom is -0.497 e. The number of benzene rings is 1.